The predicted octanol–water partition coefficient (Wildman–Crippen LogP) is 0.655. The van der Waals surface area contributed by atoms with E-state index in [2.05, 4.69) is 0 Å². The Morgan fingerprint density at radius 2 is 2.00 bits per heavy atom. The zero-order valence-electron chi connectivity index (χ0n) is 6.79. The van der Waals surface area contributed by atoms with Crippen molar-refractivity contribution in [2.75, 3.05) is 21.3 Å². The molecule has 1 aliphatic rings. The minimum atomic E-state index is -0.329. The molecule has 0 saturated heterocycles. The summed E-state index contributed by atoms with van der Waals surface area (Å²) in [4.78, 5) is 0. The molecule has 0 N–H and O–H groups in total. The number of ether oxygens (including phenoxy) is 4. The summed E-state index contributed by atoms with van der Waals surface area (Å²) in [6.45, 7) is 0. The molecule has 1 unspecified atom stereocenters. The summed E-state index contributed by atoms with van der Waals surface area (Å²) in [5, 5.41) is 0. The highest BCUT2D eigenvalue weighted by atomic mass is 16.7. The minimum Gasteiger partial charge on any atom is -0.495 e. The molecule has 1 rings (SSSR count). The smallest absolute Gasteiger partial charge is 0.313 e. The van der Waals surface area contributed by atoms with Crippen LogP contribution in [-0.4, -0.2) is 27.4 Å². The van der Waals surface area contributed by atoms with Gasteiger partial charge in [0, 0.05) is 14.2 Å². The van der Waals surface area contributed by atoms with E-state index in [-0.39, 0.29) is 6.10 Å². The maximum atomic E-state index is 5.04. The lowest BCUT2D eigenvalue weighted by atomic mass is 10.3. The summed E-state index contributed by atoms with van der Waals surface area (Å²) in [5.74, 6) is 0.615. The first-order valence-corrected chi connectivity index (χ1v) is 3.17. The lowest BCUT2D eigenvalue weighted by Gasteiger charge is -2.14. The Hall–Kier alpha value is -0.740. The van der Waals surface area contributed by atoms with Gasteiger partial charge >= 0.3 is 6.29 Å². The largest absolute Gasteiger partial charge is 0.495 e. The van der Waals surface area contributed by atoms with E-state index in [1.807, 2.05) is 0 Å². The Kier molecular flexibility index (Phi) is 2.73. The van der Waals surface area contributed by atoms with E-state index in [4.69, 9.17) is 18.9 Å². The first kappa shape index (κ1) is 8.36. The summed E-state index contributed by atoms with van der Waals surface area (Å²) in [5.41, 5.74) is 0. The second kappa shape index (κ2) is 3.59. The summed E-state index contributed by atoms with van der Waals surface area (Å²) in [7, 11) is 4.64. The van der Waals surface area contributed by atoms with Crippen molar-refractivity contribution < 1.29 is 18.9 Å². The second-order valence-corrected chi connectivity index (χ2v) is 1.98. The molecule has 1 heterocycles. The van der Waals surface area contributed by atoms with Gasteiger partial charge < -0.3 is 18.9 Å². The summed E-state index contributed by atoms with van der Waals surface area (Å²) in [6, 6.07) is 0. The normalized spacial score (nSPS) is 24.6. The van der Waals surface area contributed by atoms with Crippen molar-refractivity contribution in [1.82, 2.24) is 0 Å². The molecular formula is C7H11O4. The van der Waals surface area contributed by atoms with Gasteiger partial charge in [-0.1, -0.05) is 0 Å². The lowest BCUT2D eigenvalue weighted by molar-refractivity contribution is -0.0438. The molecular weight excluding hydrogens is 148 g/mol. The molecule has 1 radical (unpaired) electrons. The summed E-state index contributed by atoms with van der Waals surface area (Å²) >= 11 is 0. The van der Waals surface area contributed by atoms with Crippen LogP contribution < -0.4 is 0 Å². The van der Waals surface area contributed by atoms with Gasteiger partial charge in [-0.3, -0.25) is 0 Å². The highest BCUT2D eigenvalue weighted by molar-refractivity contribution is 5.11. The molecule has 0 amide bonds. The van der Waals surface area contributed by atoms with Gasteiger partial charge in [0.2, 0.25) is 0 Å². The molecule has 0 bridgehead atoms. The van der Waals surface area contributed by atoms with E-state index < -0.39 is 0 Å². The molecule has 0 fully saturated rings. The Morgan fingerprint density at radius 3 is 2.45 bits per heavy atom. The molecule has 0 aromatic carbocycles. The van der Waals surface area contributed by atoms with Gasteiger partial charge in [0.05, 0.1) is 7.11 Å². The van der Waals surface area contributed by atoms with Crippen molar-refractivity contribution in [3.63, 3.8) is 0 Å². The lowest BCUT2D eigenvalue weighted by Crippen LogP contribution is -2.21. The van der Waals surface area contributed by atoms with Crippen LogP contribution >= 0.6 is 0 Å². The topological polar surface area (TPSA) is 36.9 Å². The highest BCUT2D eigenvalue weighted by Gasteiger charge is 2.35. The van der Waals surface area contributed by atoms with E-state index in [0.717, 1.165) is 0 Å². The van der Waals surface area contributed by atoms with Crippen LogP contribution in [0.3, 0.4) is 0 Å². The number of hydrogen-bond acceptors (Lipinski definition) is 4. The maximum Gasteiger partial charge on any atom is 0.313 e. The molecule has 1 aliphatic heterocycles. The Balaban J connectivity index is 2.57. The highest BCUT2D eigenvalue weighted by Crippen LogP contribution is 2.27. The molecule has 0 spiro atoms. The molecule has 0 aromatic heterocycles. The molecule has 0 aromatic rings. The molecule has 1 atom stereocenters. The van der Waals surface area contributed by atoms with E-state index in [1.165, 1.54) is 13.4 Å². The van der Waals surface area contributed by atoms with Crippen molar-refractivity contribution in [2.45, 2.75) is 6.10 Å². The Labute approximate surface area is 65.7 Å². The monoisotopic (exact) mass is 159 g/mol. The average Bonchev–Trinajstić information content (AvgIpc) is 2.45. The van der Waals surface area contributed by atoms with Gasteiger partial charge in [0.25, 0.3) is 0 Å². The Morgan fingerprint density at radius 1 is 1.27 bits per heavy atom. The van der Waals surface area contributed by atoms with Crippen molar-refractivity contribution in [3.8, 4) is 0 Å². The number of rotatable bonds is 3. The fraction of sp³-hybridized carbons (Fsp3) is 0.571. The van der Waals surface area contributed by atoms with Crippen molar-refractivity contribution in [3.05, 3.63) is 18.3 Å². The Bertz CT molecular complexity index is 155. The van der Waals surface area contributed by atoms with E-state index >= 15 is 0 Å². The van der Waals surface area contributed by atoms with Gasteiger partial charge in [-0.25, -0.2) is 0 Å². The molecule has 63 valence electrons. The van der Waals surface area contributed by atoms with Gasteiger partial charge in [-0.05, 0) is 0 Å². The average molecular weight is 159 g/mol. The molecule has 11 heavy (non-hydrogen) atoms. The third kappa shape index (κ3) is 1.46. The van der Waals surface area contributed by atoms with Crippen LogP contribution in [0.5, 0.6) is 0 Å². The molecule has 4 heteroatoms. The fourth-order valence-electron chi connectivity index (χ4n) is 0.879. The third-order valence-electron chi connectivity index (χ3n) is 1.44. The van der Waals surface area contributed by atoms with Crippen LogP contribution in [0.15, 0.2) is 12.0 Å². The summed E-state index contributed by atoms with van der Waals surface area (Å²) < 4.78 is 19.9. The second-order valence-electron chi connectivity index (χ2n) is 1.98. The fourth-order valence-corrected chi connectivity index (χ4v) is 0.879. The van der Waals surface area contributed by atoms with Crippen LogP contribution in [0.25, 0.3) is 0 Å². The van der Waals surface area contributed by atoms with Crippen molar-refractivity contribution in [1.29, 1.82) is 0 Å². The number of hydrogen-bond donors (Lipinski definition) is 0. The molecule has 4 nitrogen and oxygen atoms in total. The standard InChI is InChI=1S/C7H11O4/c1-8-5-4-11-7(10-3)6(5)9-2/h4,6H,1-3H3. The van der Waals surface area contributed by atoms with E-state index in [0.29, 0.717) is 12.0 Å². The van der Waals surface area contributed by atoms with Crippen molar-refractivity contribution >= 4 is 0 Å². The zero-order chi connectivity index (χ0) is 8.27. The molecule has 0 saturated carbocycles. The van der Waals surface area contributed by atoms with Crippen LogP contribution in [0.4, 0.5) is 0 Å². The van der Waals surface area contributed by atoms with E-state index in [1.54, 1.807) is 14.2 Å². The predicted molar refractivity (Wildman–Crippen MR) is 37.2 cm³/mol. The van der Waals surface area contributed by atoms with Crippen LogP contribution in [-0.2, 0) is 18.9 Å². The van der Waals surface area contributed by atoms with Gasteiger partial charge in [-0.15, -0.1) is 0 Å². The van der Waals surface area contributed by atoms with Crippen LogP contribution in [0.1, 0.15) is 0 Å². The van der Waals surface area contributed by atoms with Gasteiger partial charge in [0.1, 0.15) is 6.26 Å². The van der Waals surface area contributed by atoms with Crippen LogP contribution in [0, 0.1) is 6.29 Å². The molecule has 0 aliphatic carbocycles. The van der Waals surface area contributed by atoms with Crippen LogP contribution in [0.2, 0.25) is 0 Å². The number of methoxy groups -OCH3 is 3. The first-order chi connectivity index (χ1) is 5.33. The third-order valence-corrected chi connectivity index (χ3v) is 1.44. The van der Waals surface area contributed by atoms with Gasteiger partial charge in [-0.2, -0.15) is 0 Å². The van der Waals surface area contributed by atoms with E-state index in [9.17, 15) is 0 Å². The zero-order valence-corrected chi connectivity index (χ0v) is 6.79. The maximum absolute atomic E-state index is 5.04. The van der Waals surface area contributed by atoms with Crippen molar-refractivity contribution in [2.24, 2.45) is 0 Å². The first-order valence-electron chi connectivity index (χ1n) is 3.17. The minimum absolute atomic E-state index is 0.329. The SMILES string of the molecule is CO[C]1OC=C(OC)C1OC. The summed E-state index contributed by atoms with van der Waals surface area (Å²) in [6.07, 6.45) is 1.54. The van der Waals surface area contributed by atoms with Gasteiger partial charge in [0.15, 0.2) is 11.9 Å². The quantitative estimate of drug-likeness (QED) is 0.606.